The Labute approximate surface area is 186 Å². The molecule has 1 heterocycles. The SMILES string of the molecule is COc1ccccc1C(=O)N(CCC(C)C)c1c(N)n(Cc2ccccc2)c(=O)[nH]c1=O. The minimum atomic E-state index is -0.705. The van der Waals surface area contributed by atoms with E-state index >= 15 is 0 Å². The summed E-state index contributed by atoms with van der Waals surface area (Å²) in [6, 6.07) is 16.1. The molecule has 0 saturated carbocycles. The molecule has 1 aromatic heterocycles. The van der Waals surface area contributed by atoms with Gasteiger partial charge in [0.05, 0.1) is 19.2 Å². The van der Waals surface area contributed by atoms with Crippen molar-refractivity contribution in [2.45, 2.75) is 26.8 Å². The number of aromatic nitrogens is 2. The Balaban J connectivity index is 2.14. The summed E-state index contributed by atoms with van der Waals surface area (Å²) in [4.78, 5) is 42.6. The molecule has 32 heavy (non-hydrogen) atoms. The topological polar surface area (TPSA) is 110 Å². The van der Waals surface area contributed by atoms with E-state index in [0.717, 1.165) is 5.56 Å². The first kappa shape index (κ1) is 22.9. The molecule has 0 bridgehead atoms. The number of anilines is 2. The van der Waals surface area contributed by atoms with Gasteiger partial charge in [-0.1, -0.05) is 56.3 Å². The summed E-state index contributed by atoms with van der Waals surface area (Å²) >= 11 is 0. The number of nitrogens with zero attached hydrogens (tertiary/aromatic N) is 2. The van der Waals surface area contributed by atoms with Gasteiger partial charge in [0, 0.05) is 6.54 Å². The lowest BCUT2D eigenvalue weighted by Gasteiger charge is -2.26. The van der Waals surface area contributed by atoms with E-state index in [9.17, 15) is 14.4 Å². The second-order valence-electron chi connectivity index (χ2n) is 7.90. The van der Waals surface area contributed by atoms with Crippen molar-refractivity contribution in [3.05, 3.63) is 86.6 Å². The summed E-state index contributed by atoms with van der Waals surface area (Å²) < 4.78 is 6.61. The first-order chi connectivity index (χ1) is 15.3. The molecule has 3 rings (SSSR count). The number of H-pyrrole nitrogens is 1. The molecule has 0 fully saturated rings. The molecule has 168 valence electrons. The lowest BCUT2D eigenvalue weighted by atomic mass is 10.1. The maximum absolute atomic E-state index is 13.5. The fourth-order valence-electron chi connectivity index (χ4n) is 3.43. The Kier molecular flexibility index (Phi) is 7.14. The van der Waals surface area contributed by atoms with Crippen molar-refractivity contribution < 1.29 is 9.53 Å². The minimum absolute atomic E-state index is 0.0444. The molecule has 0 aliphatic carbocycles. The van der Waals surface area contributed by atoms with Crippen molar-refractivity contribution >= 4 is 17.4 Å². The monoisotopic (exact) mass is 436 g/mol. The number of rotatable bonds is 8. The van der Waals surface area contributed by atoms with E-state index in [0.29, 0.717) is 17.7 Å². The summed E-state index contributed by atoms with van der Waals surface area (Å²) in [5.41, 5.74) is 6.11. The van der Waals surface area contributed by atoms with Crippen LogP contribution in [0, 0.1) is 5.92 Å². The maximum atomic E-state index is 13.5. The standard InChI is InChI=1S/C24H28N4O4/c1-16(2)13-14-27(23(30)18-11-7-8-12-19(18)32-3)20-21(25)28(24(31)26-22(20)29)15-17-9-5-4-6-10-17/h4-12,16H,13-15,25H2,1-3H3,(H,26,29,31). The van der Waals surface area contributed by atoms with Crippen molar-refractivity contribution in [1.82, 2.24) is 9.55 Å². The smallest absolute Gasteiger partial charge is 0.330 e. The second kappa shape index (κ2) is 10.00. The first-order valence-corrected chi connectivity index (χ1v) is 10.4. The number of para-hydroxylation sites is 1. The Bertz CT molecular complexity index is 1200. The molecule has 1 amide bonds. The summed E-state index contributed by atoms with van der Waals surface area (Å²) in [6.45, 7) is 4.47. The van der Waals surface area contributed by atoms with Gasteiger partial charge in [0.25, 0.3) is 11.5 Å². The average molecular weight is 437 g/mol. The summed E-state index contributed by atoms with van der Waals surface area (Å²) in [5, 5.41) is 0. The molecule has 0 unspecified atom stereocenters. The first-order valence-electron chi connectivity index (χ1n) is 10.4. The molecule has 0 saturated heterocycles. The van der Waals surface area contributed by atoms with E-state index in [1.807, 2.05) is 44.2 Å². The van der Waals surface area contributed by atoms with Gasteiger partial charge in [-0.2, -0.15) is 0 Å². The van der Waals surface area contributed by atoms with Crippen molar-refractivity contribution in [2.75, 3.05) is 24.3 Å². The zero-order valence-corrected chi connectivity index (χ0v) is 18.5. The number of ether oxygens (including phenoxy) is 1. The van der Waals surface area contributed by atoms with Crippen LogP contribution in [-0.4, -0.2) is 29.1 Å². The van der Waals surface area contributed by atoms with Gasteiger partial charge in [-0.3, -0.25) is 19.1 Å². The molecular formula is C24H28N4O4. The van der Waals surface area contributed by atoms with Crippen LogP contribution in [0.4, 0.5) is 11.5 Å². The summed E-state index contributed by atoms with van der Waals surface area (Å²) in [5.74, 6) is 0.179. The zero-order valence-electron chi connectivity index (χ0n) is 18.5. The molecule has 0 atom stereocenters. The number of benzene rings is 2. The van der Waals surface area contributed by atoms with Crippen LogP contribution in [0.2, 0.25) is 0 Å². The van der Waals surface area contributed by atoms with Crippen LogP contribution in [0.5, 0.6) is 5.75 Å². The van der Waals surface area contributed by atoms with E-state index in [1.165, 1.54) is 16.6 Å². The van der Waals surface area contributed by atoms with E-state index in [2.05, 4.69) is 4.98 Å². The second-order valence-corrected chi connectivity index (χ2v) is 7.90. The predicted octanol–water partition coefficient (Wildman–Crippen LogP) is 2.87. The van der Waals surface area contributed by atoms with Crippen LogP contribution in [0.1, 0.15) is 36.2 Å². The van der Waals surface area contributed by atoms with Gasteiger partial charge in [-0.15, -0.1) is 0 Å². The van der Waals surface area contributed by atoms with Crippen LogP contribution >= 0.6 is 0 Å². The fraction of sp³-hybridized carbons (Fsp3) is 0.292. The third kappa shape index (κ3) is 4.91. The van der Waals surface area contributed by atoms with Crippen molar-refractivity contribution in [1.29, 1.82) is 0 Å². The highest BCUT2D eigenvalue weighted by Crippen LogP contribution is 2.25. The molecule has 3 N–H and O–H groups in total. The van der Waals surface area contributed by atoms with Crippen molar-refractivity contribution in [2.24, 2.45) is 5.92 Å². The highest BCUT2D eigenvalue weighted by molar-refractivity contribution is 6.08. The Morgan fingerprint density at radius 3 is 2.41 bits per heavy atom. The molecule has 2 aromatic carbocycles. The maximum Gasteiger partial charge on any atom is 0.330 e. The van der Waals surface area contributed by atoms with Crippen LogP contribution in [0.15, 0.2) is 64.2 Å². The Morgan fingerprint density at radius 1 is 1.09 bits per heavy atom. The van der Waals surface area contributed by atoms with Gasteiger partial charge in [0.1, 0.15) is 11.6 Å². The Hall–Kier alpha value is -3.81. The molecule has 0 spiro atoms. The normalized spacial score (nSPS) is 10.9. The lowest BCUT2D eigenvalue weighted by molar-refractivity contribution is 0.0982. The van der Waals surface area contributed by atoms with Crippen LogP contribution in [0.3, 0.4) is 0 Å². The number of nitrogen functional groups attached to an aromatic ring is 1. The average Bonchev–Trinajstić information content (AvgIpc) is 2.78. The van der Waals surface area contributed by atoms with E-state index in [1.54, 1.807) is 24.3 Å². The van der Waals surface area contributed by atoms with Crippen LogP contribution in [-0.2, 0) is 6.54 Å². The van der Waals surface area contributed by atoms with Gasteiger partial charge < -0.3 is 15.4 Å². The fourth-order valence-corrected chi connectivity index (χ4v) is 3.43. The van der Waals surface area contributed by atoms with Gasteiger partial charge in [-0.25, -0.2) is 4.79 Å². The van der Waals surface area contributed by atoms with E-state index in [4.69, 9.17) is 10.5 Å². The predicted molar refractivity (Wildman–Crippen MR) is 125 cm³/mol. The van der Waals surface area contributed by atoms with Gasteiger partial charge in [0.2, 0.25) is 0 Å². The minimum Gasteiger partial charge on any atom is -0.496 e. The Morgan fingerprint density at radius 2 is 1.75 bits per heavy atom. The number of carbonyl (C=O) groups is 1. The number of hydrogen-bond acceptors (Lipinski definition) is 5. The van der Waals surface area contributed by atoms with Gasteiger partial charge >= 0.3 is 5.69 Å². The zero-order chi connectivity index (χ0) is 23.3. The van der Waals surface area contributed by atoms with Crippen molar-refractivity contribution in [3.63, 3.8) is 0 Å². The third-order valence-electron chi connectivity index (χ3n) is 5.18. The summed E-state index contributed by atoms with van der Waals surface area (Å²) in [7, 11) is 1.48. The highest BCUT2D eigenvalue weighted by atomic mass is 16.5. The number of aromatic amines is 1. The molecule has 0 radical (unpaired) electrons. The molecule has 3 aromatic rings. The molecule has 8 nitrogen and oxygen atoms in total. The molecular weight excluding hydrogens is 408 g/mol. The van der Waals surface area contributed by atoms with E-state index < -0.39 is 17.2 Å². The molecule has 0 aliphatic rings. The summed E-state index contributed by atoms with van der Waals surface area (Å²) in [6.07, 6.45) is 0.636. The molecule has 8 heteroatoms. The van der Waals surface area contributed by atoms with Crippen LogP contribution in [0.25, 0.3) is 0 Å². The van der Waals surface area contributed by atoms with Crippen molar-refractivity contribution in [3.8, 4) is 5.75 Å². The highest BCUT2D eigenvalue weighted by Gasteiger charge is 2.27. The quantitative estimate of drug-likeness (QED) is 0.564. The number of nitrogens with one attached hydrogen (secondary N) is 1. The number of methoxy groups -OCH3 is 1. The number of carbonyl (C=O) groups excluding carboxylic acids is 1. The third-order valence-corrected chi connectivity index (χ3v) is 5.18. The largest absolute Gasteiger partial charge is 0.496 e. The van der Waals surface area contributed by atoms with Crippen LogP contribution < -0.4 is 26.6 Å². The lowest BCUT2D eigenvalue weighted by Crippen LogP contribution is -2.42. The number of nitrogens with two attached hydrogens (primary N) is 1. The number of hydrogen-bond donors (Lipinski definition) is 2. The van der Waals surface area contributed by atoms with Gasteiger partial charge in [-0.05, 0) is 30.0 Å². The number of amides is 1. The molecule has 0 aliphatic heterocycles. The van der Waals surface area contributed by atoms with E-state index in [-0.39, 0.29) is 30.5 Å². The van der Waals surface area contributed by atoms with Gasteiger partial charge in [0.15, 0.2) is 5.69 Å².